The van der Waals surface area contributed by atoms with Gasteiger partial charge in [-0.1, -0.05) is 42.5 Å². The predicted molar refractivity (Wildman–Crippen MR) is 90.0 cm³/mol. The average Bonchev–Trinajstić information content (AvgIpc) is 2.52. The SMILES string of the molecule is Cc1cc(=O)[nH]c(SCc2cccc3ccccc23)c1C#N. The summed E-state index contributed by atoms with van der Waals surface area (Å²) in [5.41, 5.74) is 2.28. The van der Waals surface area contributed by atoms with Crippen LogP contribution in [-0.4, -0.2) is 4.98 Å². The van der Waals surface area contributed by atoms with Gasteiger partial charge in [0.15, 0.2) is 0 Å². The smallest absolute Gasteiger partial charge is 0.249 e. The van der Waals surface area contributed by atoms with Gasteiger partial charge in [-0.2, -0.15) is 5.26 Å². The number of hydrogen-bond acceptors (Lipinski definition) is 3. The minimum Gasteiger partial charge on any atom is -0.316 e. The molecule has 0 unspecified atom stereocenters. The fourth-order valence-electron chi connectivity index (χ4n) is 2.47. The zero-order chi connectivity index (χ0) is 15.5. The molecule has 3 rings (SSSR count). The summed E-state index contributed by atoms with van der Waals surface area (Å²) in [5.74, 6) is 0.704. The van der Waals surface area contributed by atoms with E-state index < -0.39 is 0 Å². The molecule has 0 aliphatic carbocycles. The predicted octanol–water partition coefficient (Wildman–Crippen LogP) is 4.00. The number of H-pyrrole nitrogens is 1. The lowest BCUT2D eigenvalue weighted by molar-refractivity contribution is 1.04. The second-order valence-corrected chi connectivity index (χ2v) is 6.05. The normalized spacial score (nSPS) is 10.5. The third kappa shape index (κ3) is 2.76. The summed E-state index contributed by atoms with van der Waals surface area (Å²) in [5, 5.41) is 12.3. The van der Waals surface area contributed by atoms with Crippen LogP contribution in [0.5, 0.6) is 0 Å². The Morgan fingerprint density at radius 3 is 2.77 bits per heavy atom. The number of aryl methyl sites for hydroxylation is 1. The molecule has 0 bridgehead atoms. The lowest BCUT2D eigenvalue weighted by atomic mass is 10.1. The number of hydrogen-bond donors (Lipinski definition) is 1. The van der Waals surface area contributed by atoms with E-state index in [0.29, 0.717) is 21.9 Å². The fourth-order valence-corrected chi connectivity index (χ4v) is 3.55. The molecule has 0 aliphatic heterocycles. The van der Waals surface area contributed by atoms with Crippen molar-refractivity contribution in [3.63, 3.8) is 0 Å². The standard InChI is InChI=1S/C18H14N2OS/c1-12-9-17(21)20-18(16(12)10-19)22-11-14-7-4-6-13-5-2-3-8-15(13)14/h2-9H,11H2,1H3,(H,20,21). The van der Waals surface area contributed by atoms with Crippen molar-refractivity contribution in [2.24, 2.45) is 0 Å². The second-order valence-electron chi connectivity index (χ2n) is 5.06. The molecule has 0 aliphatic rings. The number of pyridine rings is 1. The van der Waals surface area contributed by atoms with E-state index in [4.69, 9.17) is 0 Å². The number of nitrogens with zero attached hydrogens (tertiary/aromatic N) is 1. The van der Waals surface area contributed by atoms with E-state index >= 15 is 0 Å². The Morgan fingerprint density at radius 2 is 1.95 bits per heavy atom. The maximum Gasteiger partial charge on any atom is 0.249 e. The summed E-state index contributed by atoms with van der Waals surface area (Å²) >= 11 is 1.49. The largest absolute Gasteiger partial charge is 0.316 e. The highest BCUT2D eigenvalue weighted by Gasteiger charge is 2.09. The monoisotopic (exact) mass is 306 g/mol. The lowest BCUT2D eigenvalue weighted by Gasteiger charge is -2.08. The van der Waals surface area contributed by atoms with Gasteiger partial charge in [0.1, 0.15) is 6.07 Å². The maximum absolute atomic E-state index is 11.6. The summed E-state index contributed by atoms with van der Waals surface area (Å²) in [6.45, 7) is 1.79. The van der Waals surface area contributed by atoms with Crippen molar-refractivity contribution >= 4 is 22.5 Å². The Hall–Kier alpha value is -2.51. The van der Waals surface area contributed by atoms with Gasteiger partial charge in [0, 0.05) is 11.8 Å². The topological polar surface area (TPSA) is 56.6 Å². The Morgan fingerprint density at radius 1 is 1.18 bits per heavy atom. The van der Waals surface area contributed by atoms with Crippen LogP contribution in [0.1, 0.15) is 16.7 Å². The fraction of sp³-hybridized carbons (Fsp3) is 0.111. The van der Waals surface area contributed by atoms with Crippen molar-refractivity contribution in [3.05, 3.63) is 75.6 Å². The molecule has 0 fully saturated rings. The molecule has 3 aromatic rings. The van der Waals surface area contributed by atoms with Crippen LogP contribution in [0.3, 0.4) is 0 Å². The third-order valence-corrected chi connectivity index (χ3v) is 4.62. The average molecular weight is 306 g/mol. The van der Waals surface area contributed by atoms with Gasteiger partial charge in [0.2, 0.25) is 5.56 Å². The number of nitriles is 1. The van der Waals surface area contributed by atoms with Crippen LogP contribution >= 0.6 is 11.8 Å². The quantitative estimate of drug-likeness (QED) is 0.744. The molecule has 3 nitrogen and oxygen atoms in total. The molecule has 0 saturated carbocycles. The first-order chi connectivity index (χ1) is 10.7. The molecular formula is C18H14N2OS. The van der Waals surface area contributed by atoms with Gasteiger partial charge < -0.3 is 4.98 Å². The Labute approximate surface area is 132 Å². The first-order valence-electron chi connectivity index (χ1n) is 6.92. The van der Waals surface area contributed by atoms with Crippen LogP contribution in [0, 0.1) is 18.3 Å². The minimum absolute atomic E-state index is 0.170. The highest BCUT2D eigenvalue weighted by atomic mass is 32.2. The first kappa shape index (κ1) is 14.4. The number of rotatable bonds is 3. The molecule has 108 valence electrons. The molecular weight excluding hydrogens is 292 g/mol. The zero-order valence-electron chi connectivity index (χ0n) is 12.1. The summed E-state index contributed by atoms with van der Waals surface area (Å²) in [6, 6.07) is 18.0. The van der Waals surface area contributed by atoms with Crippen LogP contribution < -0.4 is 5.56 Å². The summed E-state index contributed by atoms with van der Waals surface area (Å²) in [7, 11) is 0. The summed E-state index contributed by atoms with van der Waals surface area (Å²) < 4.78 is 0. The highest BCUT2D eigenvalue weighted by Crippen LogP contribution is 2.28. The molecule has 1 aromatic heterocycles. The second kappa shape index (κ2) is 6.08. The van der Waals surface area contributed by atoms with Crippen LogP contribution in [0.15, 0.2) is 58.4 Å². The van der Waals surface area contributed by atoms with Gasteiger partial charge >= 0.3 is 0 Å². The van der Waals surface area contributed by atoms with E-state index in [-0.39, 0.29) is 5.56 Å². The number of aromatic nitrogens is 1. The van der Waals surface area contributed by atoms with Crippen molar-refractivity contribution in [2.45, 2.75) is 17.7 Å². The molecule has 22 heavy (non-hydrogen) atoms. The number of aromatic amines is 1. The number of benzene rings is 2. The maximum atomic E-state index is 11.6. The van der Waals surface area contributed by atoms with E-state index in [1.807, 2.05) is 18.2 Å². The van der Waals surface area contributed by atoms with Gasteiger partial charge in [-0.15, -0.1) is 11.8 Å². The van der Waals surface area contributed by atoms with Crippen molar-refractivity contribution in [3.8, 4) is 6.07 Å². The van der Waals surface area contributed by atoms with Gasteiger partial charge in [-0.05, 0) is 28.8 Å². The third-order valence-electron chi connectivity index (χ3n) is 3.57. The van der Waals surface area contributed by atoms with Crippen LogP contribution in [0.25, 0.3) is 10.8 Å². The van der Waals surface area contributed by atoms with Crippen LogP contribution in [0.4, 0.5) is 0 Å². The molecule has 4 heteroatoms. The summed E-state index contributed by atoms with van der Waals surface area (Å²) in [4.78, 5) is 14.4. The molecule has 0 amide bonds. The molecule has 0 saturated heterocycles. The Kier molecular flexibility index (Phi) is 3.99. The van der Waals surface area contributed by atoms with Crippen molar-refractivity contribution < 1.29 is 0 Å². The van der Waals surface area contributed by atoms with E-state index in [9.17, 15) is 10.1 Å². The molecule has 0 atom stereocenters. The lowest BCUT2D eigenvalue weighted by Crippen LogP contribution is -2.08. The first-order valence-corrected chi connectivity index (χ1v) is 7.91. The number of nitrogens with one attached hydrogen (secondary N) is 1. The Balaban J connectivity index is 1.96. The minimum atomic E-state index is -0.170. The van der Waals surface area contributed by atoms with Crippen molar-refractivity contribution in [1.29, 1.82) is 5.26 Å². The van der Waals surface area contributed by atoms with Gasteiger partial charge in [0.05, 0.1) is 10.6 Å². The van der Waals surface area contributed by atoms with Gasteiger partial charge in [0.25, 0.3) is 0 Å². The number of thioether (sulfide) groups is 1. The van der Waals surface area contributed by atoms with E-state index in [1.54, 1.807) is 6.92 Å². The van der Waals surface area contributed by atoms with Crippen LogP contribution in [0.2, 0.25) is 0 Å². The molecule has 0 radical (unpaired) electrons. The van der Waals surface area contributed by atoms with Gasteiger partial charge in [-0.3, -0.25) is 4.79 Å². The van der Waals surface area contributed by atoms with E-state index in [1.165, 1.54) is 34.2 Å². The Bertz CT molecular complexity index is 932. The molecule has 2 aromatic carbocycles. The molecule has 0 spiro atoms. The van der Waals surface area contributed by atoms with Crippen molar-refractivity contribution in [2.75, 3.05) is 0 Å². The zero-order valence-corrected chi connectivity index (χ0v) is 12.9. The number of fused-ring (bicyclic) bond motifs is 1. The molecule has 1 heterocycles. The van der Waals surface area contributed by atoms with Gasteiger partial charge in [-0.25, -0.2) is 0 Å². The van der Waals surface area contributed by atoms with Crippen molar-refractivity contribution in [1.82, 2.24) is 4.98 Å². The molecule has 1 N–H and O–H groups in total. The van der Waals surface area contributed by atoms with Crippen LogP contribution in [-0.2, 0) is 5.75 Å². The summed E-state index contributed by atoms with van der Waals surface area (Å²) in [6.07, 6.45) is 0. The van der Waals surface area contributed by atoms with E-state index in [2.05, 4.69) is 35.3 Å². The van der Waals surface area contributed by atoms with E-state index in [0.717, 1.165) is 0 Å². The highest BCUT2D eigenvalue weighted by molar-refractivity contribution is 7.98.